The normalized spacial score (nSPS) is 14.6. The van der Waals surface area contributed by atoms with Crippen molar-refractivity contribution in [3.63, 3.8) is 0 Å². The van der Waals surface area contributed by atoms with Gasteiger partial charge in [-0.1, -0.05) is 18.2 Å². The summed E-state index contributed by atoms with van der Waals surface area (Å²) < 4.78 is 46.3. The van der Waals surface area contributed by atoms with Crippen LogP contribution in [-0.2, 0) is 21.4 Å². The van der Waals surface area contributed by atoms with Crippen molar-refractivity contribution < 1.29 is 41.9 Å². The van der Waals surface area contributed by atoms with Gasteiger partial charge in [0.05, 0.1) is 54.4 Å². The lowest BCUT2D eigenvalue weighted by Crippen LogP contribution is -2.41. The molecular weight excluding hydrogens is 572 g/mol. The molecule has 0 unspecified atom stereocenters. The van der Waals surface area contributed by atoms with E-state index in [2.05, 4.69) is 4.57 Å². The van der Waals surface area contributed by atoms with E-state index < -0.39 is 27.9 Å². The van der Waals surface area contributed by atoms with Gasteiger partial charge in [-0.2, -0.15) is 4.57 Å². The number of hydrogen-bond acceptors (Lipinski definition) is 7. The number of benzene rings is 3. The number of rotatable bonds is 11. The Morgan fingerprint density at radius 2 is 1.44 bits per heavy atom. The molecule has 1 saturated heterocycles. The van der Waals surface area contributed by atoms with Gasteiger partial charge in [0.15, 0.2) is 0 Å². The highest BCUT2D eigenvalue weighted by molar-refractivity contribution is 7.89. The number of methoxy groups -OCH3 is 2. The van der Waals surface area contributed by atoms with E-state index in [1.165, 1.54) is 4.31 Å². The largest absolute Gasteiger partial charge is 0.497 e. The number of aryl methyl sites for hydroxylation is 1. The summed E-state index contributed by atoms with van der Waals surface area (Å²) in [5.74, 6) is -0.249. The second kappa shape index (κ2) is 13.0. The van der Waals surface area contributed by atoms with E-state index in [4.69, 9.17) is 14.2 Å². The van der Waals surface area contributed by atoms with Gasteiger partial charge in [0, 0.05) is 19.5 Å². The van der Waals surface area contributed by atoms with E-state index in [1.807, 2.05) is 30.3 Å². The summed E-state index contributed by atoms with van der Waals surface area (Å²) in [6.45, 7) is 0.921. The molecule has 1 N–H and O–H groups in total. The maximum absolute atomic E-state index is 13.6. The maximum atomic E-state index is 13.6. The first-order chi connectivity index (χ1) is 20.7. The lowest BCUT2D eigenvalue weighted by atomic mass is 9.99. The van der Waals surface area contributed by atoms with Crippen LogP contribution in [0, 0.1) is 5.92 Å². The molecule has 2 heterocycles. The summed E-state index contributed by atoms with van der Waals surface area (Å²) in [6.07, 6.45) is 1.60. The zero-order chi connectivity index (χ0) is 30.6. The zero-order valence-electron chi connectivity index (χ0n) is 24.2. The molecule has 5 rings (SSSR count). The third-order valence-electron chi connectivity index (χ3n) is 7.92. The molecule has 1 fully saturated rings. The Morgan fingerprint density at radius 3 is 1.98 bits per heavy atom. The maximum Gasteiger partial charge on any atom is 0.345 e. The van der Waals surface area contributed by atoms with Crippen molar-refractivity contribution in [3.8, 4) is 17.2 Å². The van der Waals surface area contributed by atoms with E-state index in [-0.39, 0.29) is 18.8 Å². The fourth-order valence-corrected chi connectivity index (χ4v) is 7.19. The number of esters is 1. The van der Waals surface area contributed by atoms with E-state index in [0.717, 1.165) is 11.0 Å². The quantitative estimate of drug-likeness (QED) is 0.0874. The molecule has 3 aromatic carbocycles. The summed E-state index contributed by atoms with van der Waals surface area (Å²) in [5.41, 5.74) is 1.88. The molecular formula is C32H35N2O8S+. The Bertz CT molecular complexity index is 1690. The summed E-state index contributed by atoms with van der Waals surface area (Å²) in [7, 11) is -0.364. The number of sulfonamides is 1. The highest BCUT2D eigenvalue weighted by atomic mass is 32.2. The average Bonchev–Trinajstić information content (AvgIpc) is 3.02. The Labute approximate surface area is 250 Å². The Hall–Kier alpha value is -4.22. The van der Waals surface area contributed by atoms with Crippen molar-refractivity contribution >= 4 is 43.8 Å². The molecule has 0 atom stereocenters. The van der Waals surface area contributed by atoms with Gasteiger partial charge in [-0.25, -0.2) is 17.5 Å². The van der Waals surface area contributed by atoms with Crippen LogP contribution < -0.4 is 18.8 Å². The second-order valence-electron chi connectivity index (χ2n) is 10.5. The number of unbranched alkanes of at least 4 members (excludes halogenated alkanes) is 1. The molecule has 43 heavy (non-hydrogen) atoms. The average molecular weight is 608 g/mol. The minimum Gasteiger partial charge on any atom is -0.497 e. The molecule has 0 aliphatic carbocycles. The van der Waals surface area contributed by atoms with Crippen LogP contribution in [0.15, 0.2) is 66.7 Å². The zero-order valence-corrected chi connectivity index (χ0v) is 25.0. The molecule has 0 spiro atoms. The van der Waals surface area contributed by atoms with Crippen LogP contribution in [0.4, 0.5) is 0 Å². The SMILES string of the molecule is COc1ccc2c(C(=O)Oc3ccccc3)c3ccc(OC)cc3[n+](CCCCS(=O)(=O)N3CCC(C(=O)O)CC3)c2c1. The van der Waals surface area contributed by atoms with Crippen LogP contribution in [0.3, 0.4) is 0 Å². The number of ether oxygens (including phenoxy) is 3. The van der Waals surface area contributed by atoms with Crippen LogP contribution in [0.2, 0.25) is 0 Å². The number of carbonyl (C=O) groups excluding carboxylic acids is 1. The highest BCUT2D eigenvalue weighted by Gasteiger charge is 2.31. The van der Waals surface area contributed by atoms with Gasteiger partial charge in [0.1, 0.15) is 23.8 Å². The van der Waals surface area contributed by atoms with Gasteiger partial charge in [-0.05, 0) is 55.7 Å². The smallest absolute Gasteiger partial charge is 0.345 e. The highest BCUT2D eigenvalue weighted by Crippen LogP contribution is 2.31. The molecule has 11 heteroatoms. The van der Waals surface area contributed by atoms with Gasteiger partial charge in [-0.15, -0.1) is 0 Å². The number of para-hydroxylation sites is 1. The lowest BCUT2D eigenvalue weighted by Gasteiger charge is -2.29. The minimum atomic E-state index is -3.51. The Kier molecular flexibility index (Phi) is 9.12. The van der Waals surface area contributed by atoms with E-state index in [0.29, 0.717) is 65.8 Å². The van der Waals surface area contributed by atoms with Crippen molar-refractivity contribution in [2.75, 3.05) is 33.1 Å². The number of fused-ring (bicyclic) bond motifs is 2. The first-order valence-electron chi connectivity index (χ1n) is 14.2. The van der Waals surface area contributed by atoms with Gasteiger partial charge >= 0.3 is 11.9 Å². The number of nitrogens with zero attached hydrogens (tertiary/aromatic N) is 2. The van der Waals surface area contributed by atoms with E-state index in [9.17, 15) is 23.1 Å². The van der Waals surface area contributed by atoms with Gasteiger partial charge < -0.3 is 19.3 Å². The molecule has 10 nitrogen and oxygen atoms in total. The van der Waals surface area contributed by atoms with Crippen molar-refractivity contribution in [2.45, 2.75) is 32.2 Å². The molecule has 1 aromatic heterocycles. The summed E-state index contributed by atoms with van der Waals surface area (Å²) in [4.78, 5) is 24.9. The summed E-state index contributed by atoms with van der Waals surface area (Å²) >= 11 is 0. The number of aliphatic carboxylic acids is 1. The first kappa shape index (κ1) is 30.2. The first-order valence-corrected chi connectivity index (χ1v) is 15.8. The molecule has 0 radical (unpaired) electrons. The second-order valence-corrected chi connectivity index (χ2v) is 12.6. The van der Waals surface area contributed by atoms with Crippen LogP contribution >= 0.6 is 0 Å². The Balaban J connectivity index is 1.46. The third kappa shape index (κ3) is 6.57. The van der Waals surface area contributed by atoms with Crippen LogP contribution in [0.1, 0.15) is 36.0 Å². The molecule has 1 aliphatic rings. The van der Waals surface area contributed by atoms with Crippen LogP contribution in [-0.4, -0.2) is 62.8 Å². The van der Waals surface area contributed by atoms with Crippen molar-refractivity contribution in [1.29, 1.82) is 0 Å². The number of carboxylic acids is 1. The topological polar surface area (TPSA) is 123 Å². The molecule has 226 valence electrons. The number of aromatic nitrogens is 1. The number of carbonyl (C=O) groups is 2. The number of pyridine rings is 1. The fraction of sp³-hybridized carbons (Fsp3) is 0.344. The van der Waals surface area contributed by atoms with Crippen LogP contribution in [0.5, 0.6) is 17.2 Å². The molecule has 1 aliphatic heterocycles. The van der Waals surface area contributed by atoms with E-state index in [1.54, 1.807) is 50.6 Å². The van der Waals surface area contributed by atoms with Crippen molar-refractivity contribution in [3.05, 3.63) is 72.3 Å². The van der Waals surface area contributed by atoms with Gasteiger partial charge in [0.2, 0.25) is 21.1 Å². The molecule has 0 bridgehead atoms. The summed E-state index contributed by atoms with van der Waals surface area (Å²) in [5, 5.41) is 10.6. The van der Waals surface area contributed by atoms with Crippen molar-refractivity contribution in [1.82, 2.24) is 4.31 Å². The van der Waals surface area contributed by atoms with Gasteiger partial charge in [0.25, 0.3) is 0 Å². The Morgan fingerprint density at radius 1 is 0.860 bits per heavy atom. The molecule has 4 aromatic rings. The number of piperidine rings is 1. The predicted molar refractivity (Wildman–Crippen MR) is 161 cm³/mol. The lowest BCUT2D eigenvalue weighted by molar-refractivity contribution is -0.645. The fourth-order valence-electron chi connectivity index (χ4n) is 5.59. The third-order valence-corrected chi connectivity index (χ3v) is 9.88. The summed E-state index contributed by atoms with van der Waals surface area (Å²) in [6, 6.07) is 19.9. The van der Waals surface area contributed by atoms with Gasteiger partial charge in [-0.3, -0.25) is 4.79 Å². The molecule has 0 saturated carbocycles. The minimum absolute atomic E-state index is 0.0324. The van der Waals surface area contributed by atoms with Crippen molar-refractivity contribution in [2.24, 2.45) is 5.92 Å². The monoisotopic (exact) mass is 607 g/mol. The predicted octanol–water partition coefficient (Wildman–Crippen LogP) is 4.42. The van der Waals surface area contributed by atoms with E-state index >= 15 is 0 Å². The number of carboxylic acid groups (broad SMARTS) is 1. The van der Waals surface area contributed by atoms with Crippen LogP contribution in [0.25, 0.3) is 21.8 Å². The molecule has 0 amide bonds. The number of hydrogen-bond donors (Lipinski definition) is 1. The standard InChI is InChI=1S/C32H34N2O8S/c1-40-24-10-12-26-28(20-24)34(16-6-7-19-43(38,39)33-17-14-22(15-18-33)31(35)36)29-21-25(41-2)11-13-27(29)30(26)32(37)42-23-8-4-3-5-9-23/h3-5,8-13,20-22H,6-7,14-19H2,1-2H3/p+1.